The van der Waals surface area contributed by atoms with Crippen molar-refractivity contribution in [2.45, 2.75) is 24.3 Å². The number of nitrogens with zero attached hydrogens (tertiary/aromatic N) is 2. The fourth-order valence-corrected chi connectivity index (χ4v) is 5.67. The van der Waals surface area contributed by atoms with Crippen molar-refractivity contribution >= 4 is 21.6 Å². The number of anilines is 1. The lowest BCUT2D eigenvalue weighted by Gasteiger charge is -2.35. The molecule has 0 aromatic heterocycles. The van der Waals surface area contributed by atoms with Gasteiger partial charge in [-0.2, -0.15) is 4.31 Å². The lowest BCUT2D eigenvalue weighted by Crippen LogP contribution is -3.19. The van der Waals surface area contributed by atoms with Crippen molar-refractivity contribution in [3.8, 4) is 0 Å². The molecule has 1 amide bonds. The summed E-state index contributed by atoms with van der Waals surface area (Å²) in [6.07, 6.45) is 0.865. The maximum atomic E-state index is 13.4. The van der Waals surface area contributed by atoms with Crippen LogP contribution in [0, 0.1) is 5.82 Å². The molecule has 1 saturated heterocycles. The number of para-hydroxylation sites is 1. The van der Waals surface area contributed by atoms with E-state index in [0.29, 0.717) is 32.7 Å². The summed E-state index contributed by atoms with van der Waals surface area (Å²) in [5.41, 5.74) is 2.17. The topological polar surface area (TPSA) is 62.1 Å². The van der Waals surface area contributed by atoms with E-state index in [1.54, 1.807) is 0 Å². The highest BCUT2D eigenvalue weighted by Gasteiger charge is 2.37. The van der Waals surface area contributed by atoms with Crippen LogP contribution in [0.5, 0.6) is 0 Å². The molecule has 0 spiro atoms. The fraction of sp³-hybridized carbons (Fsp3) is 0.381. The summed E-state index contributed by atoms with van der Waals surface area (Å²) in [6.45, 7) is 4.30. The smallest absolute Gasteiger partial charge is 0.284 e. The van der Waals surface area contributed by atoms with Gasteiger partial charge in [0.15, 0.2) is 6.04 Å². The van der Waals surface area contributed by atoms with Crippen LogP contribution in [-0.2, 0) is 21.2 Å². The second-order valence-electron chi connectivity index (χ2n) is 7.61. The van der Waals surface area contributed by atoms with E-state index in [9.17, 15) is 17.6 Å². The molecule has 29 heavy (non-hydrogen) atoms. The summed E-state index contributed by atoms with van der Waals surface area (Å²) in [5, 5.41) is 0. The first kappa shape index (κ1) is 20.0. The summed E-state index contributed by atoms with van der Waals surface area (Å²) in [6, 6.07) is 12.8. The number of benzene rings is 2. The first-order valence-corrected chi connectivity index (χ1v) is 11.3. The van der Waals surface area contributed by atoms with Crippen LogP contribution in [0.25, 0.3) is 0 Å². The second kappa shape index (κ2) is 7.85. The highest BCUT2D eigenvalue weighted by Crippen LogP contribution is 2.27. The van der Waals surface area contributed by atoms with Gasteiger partial charge in [0.2, 0.25) is 10.0 Å². The molecule has 0 bridgehead atoms. The zero-order valence-electron chi connectivity index (χ0n) is 16.3. The van der Waals surface area contributed by atoms with E-state index >= 15 is 0 Å². The molecule has 2 aromatic carbocycles. The van der Waals surface area contributed by atoms with Crippen molar-refractivity contribution in [2.75, 3.05) is 37.6 Å². The highest BCUT2D eigenvalue weighted by atomic mass is 32.2. The Balaban J connectivity index is 1.41. The molecular weight excluding hydrogens is 393 g/mol. The predicted molar refractivity (Wildman–Crippen MR) is 108 cm³/mol. The van der Waals surface area contributed by atoms with Gasteiger partial charge >= 0.3 is 0 Å². The number of piperazine rings is 1. The third-order valence-electron chi connectivity index (χ3n) is 5.93. The molecule has 0 saturated carbocycles. The Morgan fingerprint density at radius 2 is 1.79 bits per heavy atom. The Kier molecular flexibility index (Phi) is 5.42. The molecule has 1 N–H and O–H groups in total. The number of hydrogen-bond donors (Lipinski definition) is 1. The second-order valence-corrected chi connectivity index (χ2v) is 9.55. The SMILES string of the molecule is C[C@H](C(=O)N1CCc2ccccc21)[NH+]1CCN(S(=O)(=O)c2cccc(F)c2)CC1. The molecule has 6 nitrogen and oxygen atoms in total. The van der Waals surface area contributed by atoms with Crippen LogP contribution in [0.2, 0.25) is 0 Å². The molecule has 154 valence electrons. The van der Waals surface area contributed by atoms with Gasteiger partial charge in [-0.1, -0.05) is 24.3 Å². The molecule has 0 unspecified atom stereocenters. The standard InChI is InChI=1S/C21H24FN3O3S/c1-16(21(26)25-10-9-17-5-2-3-8-20(17)25)23-11-13-24(14-12-23)29(27,28)19-7-4-6-18(22)15-19/h2-8,15-16H,9-14H2,1H3/p+1/t16-/m1/s1. The van der Waals surface area contributed by atoms with Gasteiger partial charge in [-0.15, -0.1) is 0 Å². The van der Waals surface area contributed by atoms with Gasteiger partial charge in [-0.25, -0.2) is 12.8 Å². The first-order valence-electron chi connectivity index (χ1n) is 9.87. The number of hydrogen-bond acceptors (Lipinski definition) is 3. The molecule has 4 rings (SSSR count). The Bertz CT molecular complexity index is 1020. The Morgan fingerprint density at radius 3 is 2.52 bits per heavy atom. The first-order chi connectivity index (χ1) is 13.9. The highest BCUT2D eigenvalue weighted by molar-refractivity contribution is 7.89. The quantitative estimate of drug-likeness (QED) is 0.795. The van der Waals surface area contributed by atoms with E-state index in [2.05, 4.69) is 6.07 Å². The molecule has 2 aliphatic heterocycles. The fourth-order valence-electron chi connectivity index (χ4n) is 4.20. The number of fused-ring (bicyclic) bond motifs is 1. The molecule has 2 aliphatic rings. The Hall–Kier alpha value is -2.29. The number of amides is 1. The van der Waals surface area contributed by atoms with E-state index in [-0.39, 0.29) is 16.8 Å². The van der Waals surface area contributed by atoms with Crippen LogP contribution in [-0.4, -0.2) is 57.4 Å². The van der Waals surface area contributed by atoms with Crippen molar-refractivity contribution < 1.29 is 22.5 Å². The maximum absolute atomic E-state index is 13.4. The molecule has 2 aromatic rings. The van der Waals surface area contributed by atoms with Gasteiger partial charge in [0.05, 0.1) is 31.1 Å². The third-order valence-corrected chi connectivity index (χ3v) is 7.83. The average Bonchev–Trinajstić information content (AvgIpc) is 3.17. The summed E-state index contributed by atoms with van der Waals surface area (Å²) >= 11 is 0. The largest absolute Gasteiger partial charge is 0.323 e. The van der Waals surface area contributed by atoms with Crippen LogP contribution in [0.4, 0.5) is 10.1 Å². The van der Waals surface area contributed by atoms with Crippen LogP contribution >= 0.6 is 0 Å². The minimum absolute atomic E-state index is 0.0289. The van der Waals surface area contributed by atoms with Crippen molar-refractivity contribution in [3.05, 3.63) is 59.9 Å². The molecule has 1 atom stereocenters. The normalized spacial score (nSPS) is 19.2. The summed E-state index contributed by atoms with van der Waals surface area (Å²) in [7, 11) is -3.72. The molecule has 0 radical (unpaired) electrons. The Morgan fingerprint density at radius 1 is 1.07 bits per heavy atom. The Labute approximate surface area is 170 Å². The van der Waals surface area contributed by atoms with Crippen molar-refractivity contribution in [1.82, 2.24) is 4.31 Å². The van der Waals surface area contributed by atoms with E-state index in [0.717, 1.165) is 23.1 Å². The number of quaternary nitrogens is 1. The van der Waals surface area contributed by atoms with Crippen molar-refractivity contribution in [2.24, 2.45) is 0 Å². The van der Waals surface area contributed by atoms with Gasteiger partial charge < -0.3 is 9.80 Å². The zero-order chi connectivity index (χ0) is 20.6. The van der Waals surface area contributed by atoms with E-state index in [1.165, 1.54) is 28.1 Å². The average molecular weight is 419 g/mol. The lowest BCUT2D eigenvalue weighted by atomic mass is 10.1. The minimum Gasteiger partial charge on any atom is -0.323 e. The van der Waals surface area contributed by atoms with Crippen molar-refractivity contribution in [3.63, 3.8) is 0 Å². The van der Waals surface area contributed by atoms with E-state index in [1.807, 2.05) is 30.0 Å². The lowest BCUT2D eigenvalue weighted by molar-refractivity contribution is -0.917. The van der Waals surface area contributed by atoms with Crippen LogP contribution in [0.1, 0.15) is 12.5 Å². The monoisotopic (exact) mass is 418 g/mol. The van der Waals surface area contributed by atoms with Crippen LogP contribution in [0.3, 0.4) is 0 Å². The number of carbonyl (C=O) groups is 1. The number of carbonyl (C=O) groups excluding carboxylic acids is 1. The third kappa shape index (κ3) is 3.80. The van der Waals surface area contributed by atoms with Gasteiger partial charge in [-0.3, -0.25) is 4.79 Å². The zero-order valence-corrected chi connectivity index (χ0v) is 17.2. The van der Waals surface area contributed by atoms with E-state index < -0.39 is 15.8 Å². The summed E-state index contributed by atoms with van der Waals surface area (Å²) in [5.74, 6) is -0.494. The van der Waals surface area contributed by atoms with Gasteiger partial charge in [-0.05, 0) is 43.2 Å². The van der Waals surface area contributed by atoms with Gasteiger partial charge in [0, 0.05) is 12.2 Å². The number of sulfonamides is 1. The van der Waals surface area contributed by atoms with Crippen molar-refractivity contribution in [1.29, 1.82) is 0 Å². The van der Waals surface area contributed by atoms with Crippen LogP contribution in [0.15, 0.2) is 53.4 Å². The number of halogens is 1. The number of rotatable bonds is 4. The van der Waals surface area contributed by atoms with Crippen LogP contribution < -0.4 is 9.80 Å². The molecule has 8 heteroatoms. The predicted octanol–water partition coefficient (Wildman–Crippen LogP) is 0.693. The molecule has 2 heterocycles. The van der Waals surface area contributed by atoms with E-state index in [4.69, 9.17) is 0 Å². The number of nitrogens with one attached hydrogen (secondary N) is 1. The summed E-state index contributed by atoms with van der Waals surface area (Å²) in [4.78, 5) is 16.0. The van der Waals surface area contributed by atoms with Gasteiger partial charge in [0.1, 0.15) is 5.82 Å². The summed E-state index contributed by atoms with van der Waals surface area (Å²) < 4.78 is 40.4. The molecule has 1 fully saturated rings. The van der Waals surface area contributed by atoms with Gasteiger partial charge in [0.25, 0.3) is 5.91 Å². The molecular formula is C21H25FN3O3S+. The minimum atomic E-state index is -3.72. The maximum Gasteiger partial charge on any atom is 0.284 e. The molecule has 0 aliphatic carbocycles.